The molecule has 0 bridgehead atoms. The molecule has 2 rings (SSSR count). The number of benzene rings is 1. The molecule has 2 atom stereocenters. The van der Waals surface area contributed by atoms with Gasteiger partial charge in [0.15, 0.2) is 0 Å². The predicted molar refractivity (Wildman–Crippen MR) is 67.6 cm³/mol. The van der Waals surface area contributed by atoms with Gasteiger partial charge in [-0.3, -0.25) is 9.59 Å². The summed E-state index contributed by atoms with van der Waals surface area (Å²) in [7, 11) is 0. The number of alkyl halides is 2. The molecule has 0 saturated heterocycles. The number of carboxylic acids is 1. The zero-order valence-electron chi connectivity index (χ0n) is 10.7. The van der Waals surface area contributed by atoms with Gasteiger partial charge in [0.05, 0.1) is 5.92 Å². The fourth-order valence-corrected chi connectivity index (χ4v) is 2.42. The maximum absolute atomic E-state index is 12.6. The van der Waals surface area contributed by atoms with E-state index in [2.05, 4.69) is 5.32 Å². The van der Waals surface area contributed by atoms with E-state index in [1.807, 2.05) is 0 Å². The van der Waals surface area contributed by atoms with E-state index in [0.717, 1.165) is 6.07 Å². The second-order valence-corrected chi connectivity index (χ2v) is 4.94. The summed E-state index contributed by atoms with van der Waals surface area (Å²) < 4.78 is 25.1. The van der Waals surface area contributed by atoms with Gasteiger partial charge < -0.3 is 10.4 Å². The molecular weight excluding hydrogens is 268 g/mol. The molecule has 6 heteroatoms. The van der Waals surface area contributed by atoms with Crippen LogP contribution in [0.1, 0.15) is 41.6 Å². The first-order valence-corrected chi connectivity index (χ1v) is 6.39. The van der Waals surface area contributed by atoms with Crippen molar-refractivity contribution < 1.29 is 23.5 Å². The van der Waals surface area contributed by atoms with E-state index in [1.165, 1.54) is 18.2 Å². The summed E-state index contributed by atoms with van der Waals surface area (Å²) in [5.41, 5.74) is -0.0333. The number of hydrogen-bond acceptors (Lipinski definition) is 2. The van der Waals surface area contributed by atoms with Gasteiger partial charge in [-0.2, -0.15) is 0 Å². The summed E-state index contributed by atoms with van der Waals surface area (Å²) in [6.07, 6.45) is -1.12. The molecule has 1 saturated carbocycles. The molecule has 0 heterocycles. The monoisotopic (exact) mass is 283 g/mol. The Morgan fingerprint density at radius 1 is 1.30 bits per heavy atom. The van der Waals surface area contributed by atoms with Crippen LogP contribution in [0.5, 0.6) is 0 Å². The highest BCUT2D eigenvalue weighted by Gasteiger charge is 2.30. The Hall–Kier alpha value is -1.98. The Bertz CT molecular complexity index is 519. The summed E-state index contributed by atoms with van der Waals surface area (Å²) in [5.74, 6) is -1.74. The molecule has 2 N–H and O–H groups in total. The molecule has 1 aliphatic carbocycles. The van der Waals surface area contributed by atoms with Gasteiger partial charge in [-0.1, -0.05) is 12.1 Å². The molecule has 1 aliphatic rings. The number of carboxylic acid groups (broad SMARTS) is 1. The van der Waals surface area contributed by atoms with Crippen molar-refractivity contribution in [3.8, 4) is 0 Å². The number of rotatable bonds is 4. The van der Waals surface area contributed by atoms with Gasteiger partial charge in [0.2, 0.25) is 0 Å². The van der Waals surface area contributed by atoms with E-state index >= 15 is 0 Å². The minimum absolute atomic E-state index is 0.168. The highest BCUT2D eigenvalue weighted by atomic mass is 19.3. The minimum atomic E-state index is -2.62. The van der Waals surface area contributed by atoms with E-state index in [0.29, 0.717) is 19.3 Å². The third kappa shape index (κ3) is 3.31. The van der Waals surface area contributed by atoms with Gasteiger partial charge in [0.1, 0.15) is 0 Å². The first kappa shape index (κ1) is 14.4. The van der Waals surface area contributed by atoms with Crippen molar-refractivity contribution in [3.63, 3.8) is 0 Å². The highest BCUT2D eigenvalue weighted by molar-refractivity contribution is 5.94. The van der Waals surface area contributed by atoms with Crippen LogP contribution in [0.25, 0.3) is 0 Å². The van der Waals surface area contributed by atoms with Crippen molar-refractivity contribution in [2.45, 2.75) is 31.7 Å². The largest absolute Gasteiger partial charge is 0.481 e. The van der Waals surface area contributed by atoms with E-state index in [-0.39, 0.29) is 17.2 Å². The van der Waals surface area contributed by atoms with Crippen molar-refractivity contribution in [2.24, 2.45) is 5.92 Å². The van der Waals surface area contributed by atoms with Crippen LogP contribution in [-0.4, -0.2) is 23.0 Å². The Morgan fingerprint density at radius 3 is 2.65 bits per heavy atom. The molecular formula is C14H15F2NO3. The number of hydrogen-bond donors (Lipinski definition) is 2. The zero-order chi connectivity index (χ0) is 14.7. The molecule has 1 fully saturated rings. The standard InChI is InChI=1S/C14H15F2NO3/c15-12(16)8-2-1-3-9(6-8)13(18)17-11-5-4-10(7-11)14(19)20/h1-3,6,10-12H,4-5,7H2,(H,17,18)(H,19,20)/t10-,11+/m0/s1. The van der Waals surface area contributed by atoms with Crippen molar-refractivity contribution in [2.75, 3.05) is 0 Å². The quantitative estimate of drug-likeness (QED) is 0.892. The second kappa shape index (κ2) is 5.98. The van der Waals surface area contributed by atoms with Crippen LogP contribution >= 0.6 is 0 Å². The first-order chi connectivity index (χ1) is 9.47. The number of carbonyl (C=O) groups excluding carboxylic acids is 1. The third-order valence-electron chi connectivity index (χ3n) is 3.52. The third-order valence-corrected chi connectivity index (χ3v) is 3.52. The summed E-state index contributed by atoms with van der Waals surface area (Å²) in [6, 6.07) is 5.08. The van der Waals surface area contributed by atoms with Crippen LogP contribution in [0.2, 0.25) is 0 Å². The number of nitrogens with one attached hydrogen (secondary N) is 1. The normalized spacial score (nSPS) is 21.9. The highest BCUT2D eigenvalue weighted by Crippen LogP contribution is 2.26. The molecule has 0 radical (unpaired) electrons. The topological polar surface area (TPSA) is 66.4 Å². The van der Waals surface area contributed by atoms with E-state index in [1.54, 1.807) is 0 Å². The van der Waals surface area contributed by atoms with Gasteiger partial charge in [-0.25, -0.2) is 8.78 Å². The summed E-state index contributed by atoms with van der Waals surface area (Å²) in [5, 5.41) is 11.6. The lowest BCUT2D eigenvalue weighted by molar-refractivity contribution is -0.141. The molecule has 1 aromatic rings. The Morgan fingerprint density at radius 2 is 2.05 bits per heavy atom. The van der Waals surface area contributed by atoms with Gasteiger partial charge in [-0.15, -0.1) is 0 Å². The molecule has 0 aromatic heterocycles. The van der Waals surface area contributed by atoms with Crippen LogP contribution in [0.4, 0.5) is 8.78 Å². The van der Waals surface area contributed by atoms with Crippen molar-refractivity contribution in [1.29, 1.82) is 0 Å². The number of aliphatic carboxylic acids is 1. The molecule has 1 aromatic carbocycles. The molecule has 0 aliphatic heterocycles. The smallest absolute Gasteiger partial charge is 0.306 e. The average Bonchev–Trinajstić information content (AvgIpc) is 2.87. The molecule has 20 heavy (non-hydrogen) atoms. The van der Waals surface area contributed by atoms with E-state index in [9.17, 15) is 18.4 Å². The van der Waals surface area contributed by atoms with Crippen LogP contribution in [-0.2, 0) is 4.79 Å². The molecule has 108 valence electrons. The van der Waals surface area contributed by atoms with E-state index in [4.69, 9.17) is 5.11 Å². The maximum atomic E-state index is 12.6. The van der Waals surface area contributed by atoms with Crippen LogP contribution in [0.3, 0.4) is 0 Å². The number of amides is 1. The molecule has 4 nitrogen and oxygen atoms in total. The average molecular weight is 283 g/mol. The van der Waals surface area contributed by atoms with Crippen LogP contribution in [0.15, 0.2) is 24.3 Å². The van der Waals surface area contributed by atoms with Gasteiger partial charge in [0, 0.05) is 17.2 Å². The van der Waals surface area contributed by atoms with Gasteiger partial charge in [0.25, 0.3) is 12.3 Å². The Kier molecular flexibility index (Phi) is 4.32. The fraction of sp³-hybridized carbons (Fsp3) is 0.429. The minimum Gasteiger partial charge on any atom is -0.481 e. The van der Waals surface area contributed by atoms with E-state index < -0.39 is 24.2 Å². The number of halogens is 2. The second-order valence-electron chi connectivity index (χ2n) is 4.94. The summed E-state index contributed by atoms with van der Waals surface area (Å²) in [4.78, 5) is 22.8. The van der Waals surface area contributed by atoms with Crippen molar-refractivity contribution in [3.05, 3.63) is 35.4 Å². The maximum Gasteiger partial charge on any atom is 0.306 e. The Balaban J connectivity index is 1.99. The zero-order valence-corrected chi connectivity index (χ0v) is 10.7. The predicted octanol–water partition coefficient (Wildman–Crippen LogP) is 2.61. The van der Waals surface area contributed by atoms with Crippen LogP contribution in [0, 0.1) is 5.92 Å². The SMILES string of the molecule is O=C(N[C@@H]1CC[C@H](C(=O)O)C1)c1cccc(C(F)F)c1. The molecule has 0 spiro atoms. The summed E-state index contributed by atoms with van der Waals surface area (Å²) in [6.45, 7) is 0. The Labute approximate surface area is 114 Å². The lowest BCUT2D eigenvalue weighted by Gasteiger charge is -2.13. The van der Waals surface area contributed by atoms with Crippen molar-refractivity contribution >= 4 is 11.9 Å². The lowest BCUT2D eigenvalue weighted by Crippen LogP contribution is -2.33. The molecule has 1 amide bonds. The first-order valence-electron chi connectivity index (χ1n) is 6.39. The van der Waals surface area contributed by atoms with Gasteiger partial charge in [-0.05, 0) is 31.4 Å². The number of carbonyl (C=O) groups is 2. The van der Waals surface area contributed by atoms with Crippen LogP contribution < -0.4 is 5.32 Å². The van der Waals surface area contributed by atoms with Gasteiger partial charge >= 0.3 is 5.97 Å². The summed E-state index contributed by atoms with van der Waals surface area (Å²) >= 11 is 0. The molecule has 0 unspecified atom stereocenters. The lowest BCUT2D eigenvalue weighted by atomic mass is 10.1. The fourth-order valence-electron chi connectivity index (χ4n) is 2.42. The van der Waals surface area contributed by atoms with Crippen molar-refractivity contribution in [1.82, 2.24) is 5.32 Å².